The molecule has 1 fully saturated rings. The highest BCUT2D eigenvalue weighted by atomic mass is 16.6. The molecule has 1 aliphatic heterocycles. The van der Waals surface area contributed by atoms with Crippen LogP contribution in [0.1, 0.15) is 107 Å². The summed E-state index contributed by atoms with van der Waals surface area (Å²) < 4.78 is 17.7. The highest BCUT2D eigenvalue weighted by Crippen LogP contribution is 2.30. The van der Waals surface area contributed by atoms with Gasteiger partial charge in [-0.1, -0.05) is 91.8 Å². The molecule has 0 aromatic heterocycles. The molecule has 1 saturated heterocycles. The lowest BCUT2D eigenvalue weighted by molar-refractivity contribution is -0.159. The molecule has 13 nitrogen and oxygen atoms in total. The molecule has 2 rings (SSSR count). The van der Waals surface area contributed by atoms with E-state index in [0.717, 1.165) is 17.7 Å². The van der Waals surface area contributed by atoms with Gasteiger partial charge in [0.1, 0.15) is 23.7 Å². The number of nitrogens with zero attached hydrogens (tertiary/aromatic N) is 3. The van der Waals surface area contributed by atoms with Crippen molar-refractivity contribution in [2.24, 2.45) is 23.7 Å². The van der Waals surface area contributed by atoms with Crippen molar-refractivity contribution in [1.29, 1.82) is 0 Å². The molecule has 1 heterocycles. The maximum Gasteiger partial charge on any atom is 0.329 e. The third-order valence-electron chi connectivity index (χ3n) is 11.7. The first-order chi connectivity index (χ1) is 27.5. The molecule has 0 bridgehead atoms. The number of esters is 1. The van der Waals surface area contributed by atoms with Gasteiger partial charge in [0.05, 0.1) is 36.6 Å². The van der Waals surface area contributed by atoms with Crippen molar-refractivity contribution in [3.63, 3.8) is 0 Å². The second kappa shape index (κ2) is 23.1. The molecule has 9 atom stereocenters. The number of hydrogen-bond donors (Lipinski definition) is 2. The van der Waals surface area contributed by atoms with Crippen molar-refractivity contribution >= 4 is 29.6 Å². The molecule has 0 aliphatic carbocycles. The maximum atomic E-state index is 14.4. The van der Waals surface area contributed by atoms with Crippen molar-refractivity contribution in [3.05, 3.63) is 48.2 Å². The van der Waals surface area contributed by atoms with Crippen molar-refractivity contribution < 1.29 is 38.2 Å². The zero-order valence-corrected chi connectivity index (χ0v) is 38.8. The average Bonchev–Trinajstić information content (AvgIpc) is 3.65. The Balaban J connectivity index is 2.33. The standard InChI is InChI=1S/C46H77N5O8/c1-17-31(8)40(50(14)44(55)38(28(2)3)48-43(54)39(29(4)5)49(13)30(6)7)36(57-15)27-37(52)51-25-21-24-35(51)41(58-16)32(9)42(53)47-34(45(56)59-46(10,11)12)26-33-22-19-18-20-23-33/h18-20,22-23,28-29,31-32,34-36,38-41H,6,17,21,24-27H2,1-5,7-16H3,(H,47,53)(H,48,54)/t31-,32+,34?,35-,36?,38-,39?,40-,41+/m0/s1. The summed E-state index contributed by atoms with van der Waals surface area (Å²) in [5, 5.41) is 5.98. The lowest BCUT2D eigenvalue weighted by Gasteiger charge is -2.41. The third kappa shape index (κ3) is 14.3. The van der Waals surface area contributed by atoms with Crippen LogP contribution >= 0.6 is 0 Å². The minimum Gasteiger partial charge on any atom is -0.458 e. The minimum absolute atomic E-state index is 0.00797. The van der Waals surface area contributed by atoms with Crippen molar-refractivity contribution in [3.8, 4) is 0 Å². The number of likely N-dealkylation sites (tertiary alicyclic amines) is 1. The number of nitrogens with one attached hydrogen (secondary N) is 2. The monoisotopic (exact) mass is 828 g/mol. The lowest BCUT2D eigenvalue weighted by Crippen LogP contribution is -2.60. The van der Waals surface area contributed by atoms with Gasteiger partial charge in [0.15, 0.2) is 0 Å². The topological polar surface area (TPSA) is 147 Å². The van der Waals surface area contributed by atoms with Gasteiger partial charge < -0.3 is 39.5 Å². The molecule has 0 spiro atoms. The van der Waals surface area contributed by atoms with Gasteiger partial charge in [0.2, 0.25) is 23.6 Å². The van der Waals surface area contributed by atoms with Crippen LogP contribution in [0, 0.1) is 23.7 Å². The van der Waals surface area contributed by atoms with E-state index < -0.39 is 59.9 Å². The van der Waals surface area contributed by atoms with Crippen LogP contribution in [-0.4, -0.2) is 127 Å². The van der Waals surface area contributed by atoms with Gasteiger partial charge in [0, 0.05) is 47.0 Å². The molecule has 334 valence electrons. The maximum absolute atomic E-state index is 14.4. The Labute approximate surface area is 355 Å². The van der Waals surface area contributed by atoms with Gasteiger partial charge in [-0.3, -0.25) is 19.2 Å². The van der Waals surface area contributed by atoms with E-state index in [4.69, 9.17) is 14.2 Å². The average molecular weight is 828 g/mol. The molecular weight excluding hydrogens is 751 g/mol. The van der Waals surface area contributed by atoms with Crippen LogP contribution < -0.4 is 10.6 Å². The van der Waals surface area contributed by atoms with Crippen LogP contribution in [-0.2, 0) is 44.6 Å². The van der Waals surface area contributed by atoms with E-state index in [1.54, 1.807) is 51.7 Å². The fraction of sp³-hybridized carbons (Fsp3) is 0.717. The fourth-order valence-electron chi connectivity index (χ4n) is 8.16. The Hall–Kier alpha value is -3.97. The van der Waals surface area contributed by atoms with E-state index in [2.05, 4.69) is 17.2 Å². The first kappa shape index (κ1) is 51.2. The van der Waals surface area contributed by atoms with Crippen molar-refractivity contribution in [1.82, 2.24) is 25.3 Å². The molecule has 0 radical (unpaired) electrons. The smallest absolute Gasteiger partial charge is 0.329 e. The second-order valence-electron chi connectivity index (χ2n) is 18.1. The van der Waals surface area contributed by atoms with Crippen LogP contribution in [0.5, 0.6) is 0 Å². The Morgan fingerprint density at radius 3 is 2.00 bits per heavy atom. The first-order valence-electron chi connectivity index (χ1n) is 21.4. The Morgan fingerprint density at radius 2 is 1.51 bits per heavy atom. The molecule has 1 aliphatic rings. The predicted molar refractivity (Wildman–Crippen MR) is 232 cm³/mol. The molecule has 13 heteroatoms. The number of carbonyl (C=O) groups is 5. The normalized spacial score (nSPS) is 18.5. The fourth-order valence-corrected chi connectivity index (χ4v) is 8.16. The van der Waals surface area contributed by atoms with E-state index in [9.17, 15) is 24.0 Å². The first-order valence-corrected chi connectivity index (χ1v) is 21.4. The molecule has 1 aromatic carbocycles. The van der Waals surface area contributed by atoms with Crippen molar-refractivity contribution in [2.75, 3.05) is 34.9 Å². The molecular formula is C46H77N5O8. The Kier molecular flexibility index (Phi) is 20.1. The summed E-state index contributed by atoms with van der Waals surface area (Å²) in [6.45, 7) is 25.2. The summed E-state index contributed by atoms with van der Waals surface area (Å²) >= 11 is 0. The summed E-state index contributed by atoms with van der Waals surface area (Å²) in [5.41, 5.74) is 0.871. The predicted octanol–water partition coefficient (Wildman–Crippen LogP) is 5.61. The van der Waals surface area contributed by atoms with Gasteiger partial charge in [0.25, 0.3) is 0 Å². The SMILES string of the molecule is C=C(C)N(C)C(C(=O)N[C@H](C(=O)N(C)[C@H](C(CC(=O)N1CCC[C@H]1[C@H](OC)[C@@H](C)C(=O)NC(Cc1ccccc1)C(=O)OC(C)(C)C)OC)[C@@H](C)CC)C(C)C)C(C)C. The summed E-state index contributed by atoms with van der Waals surface area (Å²) in [4.78, 5) is 75.0. The van der Waals surface area contributed by atoms with Crippen LogP contribution in [0.3, 0.4) is 0 Å². The minimum atomic E-state index is -0.928. The zero-order chi connectivity index (χ0) is 44.9. The van der Waals surface area contributed by atoms with Crippen LogP contribution in [0.4, 0.5) is 0 Å². The quantitative estimate of drug-likeness (QED) is 0.143. The molecule has 3 unspecified atom stereocenters. The molecule has 1 aromatic rings. The molecule has 4 amide bonds. The lowest BCUT2D eigenvalue weighted by atomic mass is 9.89. The van der Waals surface area contributed by atoms with Gasteiger partial charge in [-0.15, -0.1) is 0 Å². The van der Waals surface area contributed by atoms with E-state index >= 15 is 0 Å². The summed E-state index contributed by atoms with van der Waals surface area (Å²) in [7, 11) is 6.64. The number of rotatable bonds is 22. The second-order valence-corrected chi connectivity index (χ2v) is 18.1. The largest absolute Gasteiger partial charge is 0.458 e. The number of allylic oxidation sites excluding steroid dienone is 1. The Bertz CT molecular complexity index is 1550. The van der Waals surface area contributed by atoms with Crippen LogP contribution in [0.2, 0.25) is 0 Å². The number of hydrogen-bond acceptors (Lipinski definition) is 9. The Morgan fingerprint density at radius 1 is 0.898 bits per heavy atom. The van der Waals surface area contributed by atoms with E-state index in [-0.39, 0.29) is 54.2 Å². The van der Waals surface area contributed by atoms with E-state index in [0.29, 0.717) is 19.4 Å². The van der Waals surface area contributed by atoms with Gasteiger partial charge >= 0.3 is 5.97 Å². The number of benzene rings is 1. The summed E-state index contributed by atoms with van der Waals surface area (Å²) in [5.74, 6) is -2.62. The molecule has 0 saturated carbocycles. The van der Waals surface area contributed by atoms with E-state index in [1.807, 2.05) is 90.7 Å². The molecule has 2 N–H and O–H groups in total. The highest BCUT2D eigenvalue weighted by Gasteiger charge is 2.44. The number of amides is 4. The van der Waals surface area contributed by atoms with Gasteiger partial charge in [-0.25, -0.2) is 4.79 Å². The van der Waals surface area contributed by atoms with Gasteiger partial charge in [-0.05, 0) is 63.9 Å². The zero-order valence-electron chi connectivity index (χ0n) is 38.8. The third-order valence-corrected chi connectivity index (χ3v) is 11.7. The van der Waals surface area contributed by atoms with E-state index in [1.165, 1.54) is 7.11 Å². The number of methoxy groups -OCH3 is 2. The summed E-state index contributed by atoms with van der Waals surface area (Å²) in [6.07, 6.45) is 0.976. The van der Waals surface area contributed by atoms with Crippen LogP contribution in [0.25, 0.3) is 0 Å². The number of carbonyl (C=O) groups excluding carboxylic acids is 5. The van der Waals surface area contributed by atoms with Crippen molar-refractivity contribution in [2.45, 2.75) is 156 Å². The summed E-state index contributed by atoms with van der Waals surface area (Å²) in [6, 6.07) is 6.29. The number of ether oxygens (including phenoxy) is 3. The number of likely N-dealkylation sites (N-methyl/N-ethyl adjacent to an activating group) is 2. The highest BCUT2D eigenvalue weighted by molar-refractivity contribution is 5.90. The van der Waals surface area contributed by atoms with Crippen LogP contribution in [0.15, 0.2) is 42.6 Å². The van der Waals surface area contributed by atoms with Gasteiger partial charge in [-0.2, -0.15) is 0 Å². The molecule has 59 heavy (non-hydrogen) atoms.